The quantitative estimate of drug-likeness (QED) is 0.690. The van der Waals surface area contributed by atoms with E-state index in [-0.39, 0.29) is 0 Å². The van der Waals surface area contributed by atoms with Gasteiger partial charge in [0.2, 0.25) is 5.16 Å². The summed E-state index contributed by atoms with van der Waals surface area (Å²) in [6.45, 7) is 6.06. The van der Waals surface area contributed by atoms with Crippen LogP contribution in [0, 0.1) is 20.8 Å². The van der Waals surface area contributed by atoms with E-state index in [1.165, 1.54) is 22.9 Å². The molecule has 0 aliphatic carbocycles. The Balaban J connectivity index is 1.81. The number of tetrazole rings is 1. The van der Waals surface area contributed by atoms with E-state index in [9.17, 15) is 0 Å². The molecule has 2 heterocycles. The molecule has 1 aromatic carbocycles. The summed E-state index contributed by atoms with van der Waals surface area (Å²) in [5.74, 6) is 1.46. The molecule has 0 spiro atoms. The molecule has 0 fully saturated rings. The van der Waals surface area contributed by atoms with Crippen LogP contribution in [0.15, 0.2) is 33.9 Å². The first-order valence-corrected chi connectivity index (χ1v) is 7.53. The number of nitrogens with zero attached hydrogens (tertiary/aromatic N) is 5. The predicted octanol–water partition coefficient (Wildman–Crippen LogP) is 2.87. The molecule has 108 valence electrons. The molecule has 6 nitrogen and oxygen atoms in total. The average molecular weight is 301 g/mol. The van der Waals surface area contributed by atoms with Gasteiger partial charge in [-0.05, 0) is 54.5 Å². The number of benzene rings is 1. The molecule has 0 N–H and O–H groups in total. The van der Waals surface area contributed by atoms with E-state index in [0.717, 1.165) is 22.3 Å². The molecule has 2 aromatic heterocycles. The van der Waals surface area contributed by atoms with Crippen molar-refractivity contribution in [2.24, 2.45) is 0 Å². The fourth-order valence-corrected chi connectivity index (χ4v) is 2.67. The van der Waals surface area contributed by atoms with Gasteiger partial charge in [-0.15, -0.1) is 5.10 Å². The van der Waals surface area contributed by atoms with E-state index in [4.69, 9.17) is 4.52 Å². The number of aryl methyl sites for hydroxylation is 3. The van der Waals surface area contributed by atoms with Gasteiger partial charge in [0.25, 0.3) is 0 Å². The van der Waals surface area contributed by atoms with Gasteiger partial charge in [0.15, 0.2) is 0 Å². The zero-order valence-electron chi connectivity index (χ0n) is 12.1. The second-order valence-electron chi connectivity index (χ2n) is 4.87. The molecule has 0 saturated heterocycles. The molecule has 0 atom stereocenters. The standard InChI is InChI=1S/C14H15N5OS/c1-9-4-5-12(6-10(9)2)19-14(15-17-18-19)21-8-13-7-11(3)16-20-13/h4-7H,8H2,1-3H3. The van der Waals surface area contributed by atoms with Gasteiger partial charge in [0.1, 0.15) is 5.76 Å². The highest BCUT2D eigenvalue weighted by atomic mass is 32.2. The van der Waals surface area contributed by atoms with Crippen LogP contribution < -0.4 is 0 Å². The van der Waals surface area contributed by atoms with Crippen molar-refractivity contribution in [2.45, 2.75) is 31.7 Å². The zero-order valence-corrected chi connectivity index (χ0v) is 12.9. The fourth-order valence-electron chi connectivity index (χ4n) is 1.91. The molecule has 0 aliphatic heterocycles. The number of aromatic nitrogens is 5. The Bertz CT molecular complexity index is 764. The lowest BCUT2D eigenvalue weighted by Crippen LogP contribution is -2.00. The first-order valence-electron chi connectivity index (χ1n) is 6.54. The van der Waals surface area contributed by atoms with Gasteiger partial charge in [-0.1, -0.05) is 23.0 Å². The Kier molecular flexibility index (Phi) is 3.74. The van der Waals surface area contributed by atoms with Crippen molar-refractivity contribution >= 4 is 11.8 Å². The molecular formula is C14H15N5OS. The third kappa shape index (κ3) is 2.97. The maximum absolute atomic E-state index is 5.19. The molecular weight excluding hydrogens is 286 g/mol. The van der Waals surface area contributed by atoms with Crippen molar-refractivity contribution in [3.8, 4) is 5.69 Å². The third-order valence-electron chi connectivity index (χ3n) is 3.20. The number of hydrogen-bond donors (Lipinski definition) is 0. The molecule has 21 heavy (non-hydrogen) atoms. The summed E-state index contributed by atoms with van der Waals surface area (Å²) in [6, 6.07) is 8.08. The van der Waals surface area contributed by atoms with Crippen molar-refractivity contribution in [3.63, 3.8) is 0 Å². The van der Waals surface area contributed by atoms with Crippen LogP contribution >= 0.6 is 11.8 Å². The first-order chi connectivity index (χ1) is 10.1. The molecule has 0 radical (unpaired) electrons. The van der Waals surface area contributed by atoms with Crippen LogP contribution in [0.4, 0.5) is 0 Å². The van der Waals surface area contributed by atoms with Crippen molar-refractivity contribution in [3.05, 3.63) is 46.8 Å². The number of rotatable bonds is 4. The van der Waals surface area contributed by atoms with Crippen molar-refractivity contribution < 1.29 is 4.52 Å². The van der Waals surface area contributed by atoms with Crippen LogP contribution in [0.1, 0.15) is 22.6 Å². The summed E-state index contributed by atoms with van der Waals surface area (Å²) in [7, 11) is 0. The minimum Gasteiger partial charge on any atom is -0.360 e. The maximum atomic E-state index is 5.19. The summed E-state index contributed by atoms with van der Waals surface area (Å²) in [5.41, 5.74) is 4.29. The number of hydrogen-bond acceptors (Lipinski definition) is 6. The molecule has 0 bridgehead atoms. The van der Waals surface area contributed by atoms with Gasteiger partial charge in [0, 0.05) is 6.07 Å². The number of thioether (sulfide) groups is 1. The van der Waals surface area contributed by atoms with Crippen LogP contribution in [0.2, 0.25) is 0 Å². The van der Waals surface area contributed by atoms with E-state index >= 15 is 0 Å². The Labute approximate surface area is 126 Å². The fraction of sp³-hybridized carbons (Fsp3) is 0.286. The van der Waals surface area contributed by atoms with E-state index in [1.54, 1.807) is 4.68 Å². The third-order valence-corrected chi connectivity index (χ3v) is 4.14. The predicted molar refractivity (Wildman–Crippen MR) is 79.4 cm³/mol. The average Bonchev–Trinajstić information content (AvgIpc) is 3.08. The minimum absolute atomic E-state index is 0.645. The monoisotopic (exact) mass is 301 g/mol. The SMILES string of the molecule is Cc1cc(CSc2nnnn2-c2ccc(C)c(C)c2)on1. The van der Waals surface area contributed by atoms with Crippen LogP contribution in [0.3, 0.4) is 0 Å². The highest BCUT2D eigenvalue weighted by molar-refractivity contribution is 7.98. The van der Waals surface area contributed by atoms with Crippen LogP contribution in [-0.2, 0) is 5.75 Å². The lowest BCUT2D eigenvalue weighted by Gasteiger charge is -2.06. The molecule has 0 unspecified atom stereocenters. The lowest BCUT2D eigenvalue weighted by molar-refractivity contribution is 0.391. The Morgan fingerprint density at radius 1 is 1.14 bits per heavy atom. The molecule has 0 amide bonds. The van der Waals surface area contributed by atoms with Gasteiger partial charge in [0.05, 0.1) is 17.1 Å². The lowest BCUT2D eigenvalue weighted by atomic mass is 10.1. The zero-order chi connectivity index (χ0) is 14.8. The highest BCUT2D eigenvalue weighted by Crippen LogP contribution is 2.23. The van der Waals surface area contributed by atoms with Gasteiger partial charge in [-0.3, -0.25) is 0 Å². The van der Waals surface area contributed by atoms with Crippen molar-refractivity contribution in [2.75, 3.05) is 0 Å². The highest BCUT2D eigenvalue weighted by Gasteiger charge is 2.11. The Hall–Kier alpha value is -2.15. The summed E-state index contributed by atoms with van der Waals surface area (Å²) in [4.78, 5) is 0. The van der Waals surface area contributed by atoms with Gasteiger partial charge >= 0.3 is 0 Å². The Morgan fingerprint density at radius 2 is 2.00 bits per heavy atom. The van der Waals surface area contributed by atoms with Crippen LogP contribution in [0.25, 0.3) is 5.69 Å². The molecule has 0 aliphatic rings. The van der Waals surface area contributed by atoms with Crippen molar-refractivity contribution in [1.29, 1.82) is 0 Å². The van der Waals surface area contributed by atoms with Gasteiger partial charge < -0.3 is 4.52 Å². The van der Waals surface area contributed by atoms with E-state index in [0.29, 0.717) is 5.75 Å². The summed E-state index contributed by atoms with van der Waals surface area (Å²) >= 11 is 1.52. The smallest absolute Gasteiger partial charge is 0.214 e. The summed E-state index contributed by atoms with van der Waals surface area (Å²) in [5, 5.41) is 16.5. The van der Waals surface area contributed by atoms with Gasteiger partial charge in [-0.25, -0.2) is 0 Å². The van der Waals surface area contributed by atoms with E-state index in [2.05, 4.69) is 46.7 Å². The first kappa shape index (κ1) is 13.8. The second kappa shape index (κ2) is 5.69. The molecule has 0 saturated carbocycles. The molecule has 7 heteroatoms. The second-order valence-corrected chi connectivity index (χ2v) is 5.81. The van der Waals surface area contributed by atoms with E-state index < -0.39 is 0 Å². The normalized spacial score (nSPS) is 11.0. The Morgan fingerprint density at radius 3 is 2.71 bits per heavy atom. The van der Waals surface area contributed by atoms with Crippen LogP contribution in [0.5, 0.6) is 0 Å². The molecule has 3 rings (SSSR count). The maximum Gasteiger partial charge on any atom is 0.214 e. The van der Waals surface area contributed by atoms with E-state index in [1.807, 2.05) is 19.1 Å². The van der Waals surface area contributed by atoms with Crippen molar-refractivity contribution in [1.82, 2.24) is 25.4 Å². The topological polar surface area (TPSA) is 69.6 Å². The largest absolute Gasteiger partial charge is 0.360 e. The van der Waals surface area contributed by atoms with Crippen LogP contribution in [-0.4, -0.2) is 25.4 Å². The van der Waals surface area contributed by atoms with Gasteiger partial charge in [-0.2, -0.15) is 4.68 Å². The summed E-state index contributed by atoms with van der Waals surface area (Å²) < 4.78 is 6.93. The molecule has 3 aromatic rings. The minimum atomic E-state index is 0.645. The summed E-state index contributed by atoms with van der Waals surface area (Å²) in [6.07, 6.45) is 0.